The maximum Gasteiger partial charge on any atom is 0.387 e. The zero-order chi connectivity index (χ0) is 21.8. The number of alkyl halides is 2. The number of benzene rings is 2. The zero-order valence-corrected chi connectivity index (χ0v) is 16.6. The van der Waals surface area contributed by atoms with Crippen molar-refractivity contribution in [3.63, 3.8) is 0 Å². The Bertz CT molecular complexity index is 1030. The van der Waals surface area contributed by atoms with E-state index in [9.17, 15) is 18.0 Å². The Labute approximate surface area is 177 Å². The second-order valence-corrected chi connectivity index (χ2v) is 7.27. The average molecular weight is 430 g/mol. The van der Waals surface area contributed by atoms with Crippen LogP contribution in [0.15, 0.2) is 54.6 Å². The highest BCUT2D eigenvalue weighted by Gasteiger charge is 2.24. The predicted octanol–water partition coefficient (Wildman–Crippen LogP) is 3.78. The van der Waals surface area contributed by atoms with Gasteiger partial charge in [0.05, 0.1) is 5.69 Å². The number of rotatable bonds is 6. The number of nitrogens with one attached hydrogen (secondary N) is 1. The summed E-state index contributed by atoms with van der Waals surface area (Å²) in [4.78, 5) is 16.7. The molecule has 1 amide bonds. The molecule has 0 atom stereocenters. The summed E-state index contributed by atoms with van der Waals surface area (Å²) in [6.45, 7) is 0.252. The highest BCUT2D eigenvalue weighted by molar-refractivity contribution is 5.93. The van der Waals surface area contributed by atoms with Crippen molar-refractivity contribution in [2.75, 3.05) is 26.2 Å². The first kappa shape index (κ1) is 20.9. The van der Waals surface area contributed by atoms with E-state index in [1.54, 1.807) is 29.2 Å². The Morgan fingerprint density at radius 1 is 1.06 bits per heavy atom. The molecule has 6 nitrogen and oxygen atoms in total. The van der Waals surface area contributed by atoms with Crippen LogP contribution in [0.3, 0.4) is 0 Å². The fraction of sp³-hybridized carbons (Fsp3) is 0.273. The molecular weight excluding hydrogens is 409 g/mol. The molecule has 3 aromatic rings. The first-order valence-electron chi connectivity index (χ1n) is 9.84. The summed E-state index contributed by atoms with van der Waals surface area (Å²) >= 11 is 0. The molecule has 1 aromatic heterocycles. The minimum atomic E-state index is -2.88. The Kier molecular flexibility index (Phi) is 6.22. The molecule has 9 heteroatoms. The van der Waals surface area contributed by atoms with E-state index in [1.807, 2.05) is 6.07 Å². The van der Waals surface area contributed by atoms with Crippen LogP contribution in [0.1, 0.15) is 16.1 Å². The molecule has 1 saturated heterocycles. The minimum Gasteiger partial charge on any atom is -0.435 e. The number of carbonyl (C=O) groups is 1. The van der Waals surface area contributed by atoms with Gasteiger partial charge in [0.2, 0.25) is 0 Å². The van der Waals surface area contributed by atoms with E-state index < -0.39 is 6.61 Å². The van der Waals surface area contributed by atoms with Crippen molar-refractivity contribution in [2.45, 2.75) is 13.2 Å². The summed E-state index contributed by atoms with van der Waals surface area (Å²) in [5.41, 5.74) is 2.48. The van der Waals surface area contributed by atoms with Gasteiger partial charge in [-0.05, 0) is 48.0 Å². The van der Waals surface area contributed by atoms with E-state index >= 15 is 0 Å². The van der Waals surface area contributed by atoms with Crippen LogP contribution < -0.4 is 4.74 Å². The second-order valence-electron chi connectivity index (χ2n) is 7.27. The van der Waals surface area contributed by atoms with Crippen molar-refractivity contribution in [1.82, 2.24) is 20.0 Å². The number of carbonyl (C=O) groups excluding carboxylic acids is 1. The van der Waals surface area contributed by atoms with Crippen molar-refractivity contribution in [3.8, 4) is 17.0 Å². The lowest BCUT2D eigenvalue weighted by Crippen LogP contribution is -2.48. The molecule has 0 bridgehead atoms. The molecule has 31 heavy (non-hydrogen) atoms. The Balaban J connectivity index is 1.34. The van der Waals surface area contributed by atoms with Gasteiger partial charge < -0.3 is 9.64 Å². The second kappa shape index (κ2) is 9.22. The molecule has 1 N–H and O–H groups in total. The molecule has 0 spiro atoms. The molecule has 4 rings (SSSR count). The van der Waals surface area contributed by atoms with Crippen molar-refractivity contribution >= 4 is 5.91 Å². The molecule has 2 aromatic carbocycles. The molecule has 0 radical (unpaired) electrons. The van der Waals surface area contributed by atoms with Gasteiger partial charge in [-0.2, -0.15) is 13.9 Å². The molecule has 1 fully saturated rings. The van der Waals surface area contributed by atoms with Crippen LogP contribution >= 0.6 is 0 Å². The molecular formula is C22H21F3N4O2. The van der Waals surface area contributed by atoms with Gasteiger partial charge >= 0.3 is 6.61 Å². The number of halogens is 3. The van der Waals surface area contributed by atoms with Crippen LogP contribution in [-0.4, -0.2) is 58.7 Å². The Morgan fingerprint density at radius 2 is 1.81 bits per heavy atom. The Morgan fingerprint density at radius 3 is 2.48 bits per heavy atom. The van der Waals surface area contributed by atoms with Crippen LogP contribution in [0.2, 0.25) is 0 Å². The summed E-state index contributed by atoms with van der Waals surface area (Å²) in [5, 5.41) is 6.92. The van der Waals surface area contributed by atoms with Crippen LogP contribution in [-0.2, 0) is 6.54 Å². The van der Waals surface area contributed by atoms with Crippen molar-refractivity contribution in [3.05, 3.63) is 71.7 Å². The van der Waals surface area contributed by atoms with E-state index in [1.165, 1.54) is 24.3 Å². The van der Waals surface area contributed by atoms with E-state index in [2.05, 4.69) is 19.8 Å². The number of amides is 1. The van der Waals surface area contributed by atoms with Gasteiger partial charge in [0, 0.05) is 38.3 Å². The van der Waals surface area contributed by atoms with Crippen LogP contribution in [0.5, 0.6) is 5.75 Å². The number of hydrogen-bond donors (Lipinski definition) is 1. The van der Waals surface area contributed by atoms with Crippen LogP contribution in [0.4, 0.5) is 13.2 Å². The van der Waals surface area contributed by atoms with Crippen molar-refractivity contribution in [2.24, 2.45) is 0 Å². The average Bonchev–Trinajstić information content (AvgIpc) is 3.24. The first-order chi connectivity index (χ1) is 15.0. The number of aromatic nitrogens is 2. The lowest BCUT2D eigenvalue weighted by atomic mass is 10.1. The van der Waals surface area contributed by atoms with Gasteiger partial charge in [-0.15, -0.1) is 0 Å². The van der Waals surface area contributed by atoms with E-state index in [4.69, 9.17) is 0 Å². The molecule has 0 saturated carbocycles. The fourth-order valence-electron chi connectivity index (χ4n) is 3.56. The normalized spacial score (nSPS) is 14.8. The lowest BCUT2D eigenvalue weighted by Gasteiger charge is -2.34. The third kappa shape index (κ3) is 5.24. The van der Waals surface area contributed by atoms with Crippen LogP contribution in [0, 0.1) is 5.82 Å². The SMILES string of the molecule is O=C(c1cc(-c2ccc(OC(F)F)cc2)n[nH]1)N1CCN(Cc2cccc(F)c2)CC1. The third-order valence-corrected chi connectivity index (χ3v) is 5.14. The van der Waals surface area contributed by atoms with Gasteiger partial charge in [0.25, 0.3) is 5.91 Å². The molecule has 162 valence electrons. The summed E-state index contributed by atoms with van der Waals surface area (Å²) in [5.74, 6) is -0.346. The molecule has 1 aliphatic heterocycles. The first-order valence-corrected chi connectivity index (χ1v) is 9.84. The Hall–Kier alpha value is -3.33. The number of aromatic amines is 1. The number of hydrogen-bond acceptors (Lipinski definition) is 4. The summed E-state index contributed by atoms with van der Waals surface area (Å²) in [6, 6.07) is 14.2. The smallest absolute Gasteiger partial charge is 0.387 e. The highest BCUT2D eigenvalue weighted by atomic mass is 19.3. The molecule has 0 aliphatic carbocycles. The van der Waals surface area contributed by atoms with Gasteiger partial charge in [-0.3, -0.25) is 14.8 Å². The summed E-state index contributed by atoms with van der Waals surface area (Å²) < 4.78 is 42.2. The summed E-state index contributed by atoms with van der Waals surface area (Å²) in [6.07, 6.45) is 0. The predicted molar refractivity (Wildman–Crippen MR) is 108 cm³/mol. The number of H-pyrrole nitrogens is 1. The van der Waals surface area contributed by atoms with Crippen molar-refractivity contribution < 1.29 is 22.7 Å². The zero-order valence-electron chi connectivity index (χ0n) is 16.6. The van der Waals surface area contributed by atoms with Crippen LogP contribution in [0.25, 0.3) is 11.3 Å². The van der Waals surface area contributed by atoms with E-state index in [-0.39, 0.29) is 17.5 Å². The number of ether oxygens (including phenoxy) is 1. The van der Waals surface area contributed by atoms with Gasteiger partial charge in [0.15, 0.2) is 0 Å². The maximum absolute atomic E-state index is 13.4. The minimum absolute atomic E-state index is 0.0571. The molecule has 0 unspecified atom stereocenters. The van der Waals surface area contributed by atoms with E-state index in [0.29, 0.717) is 49.7 Å². The maximum atomic E-state index is 13.4. The van der Waals surface area contributed by atoms with Gasteiger partial charge in [-0.1, -0.05) is 12.1 Å². The third-order valence-electron chi connectivity index (χ3n) is 5.14. The highest BCUT2D eigenvalue weighted by Crippen LogP contribution is 2.23. The largest absolute Gasteiger partial charge is 0.435 e. The lowest BCUT2D eigenvalue weighted by molar-refractivity contribution is -0.0498. The van der Waals surface area contributed by atoms with Gasteiger partial charge in [0.1, 0.15) is 17.3 Å². The van der Waals surface area contributed by atoms with Gasteiger partial charge in [-0.25, -0.2) is 4.39 Å². The summed E-state index contributed by atoms with van der Waals surface area (Å²) in [7, 11) is 0. The number of piperazine rings is 1. The standard InChI is InChI=1S/C22H21F3N4O2/c23-17-3-1-2-15(12-17)14-28-8-10-29(11-9-28)21(30)20-13-19(26-27-20)16-4-6-18(7-5-16)31-22(24)25/h1-7,12-13,22H,8-11,14H2,(H,26,27). The van der Waals surface area contributed by atoms with E-state index in [0.717, 1.165) is 5.56 Å². The number of nitrogens with zero attached hydrogens (tertiary/aromatic N) is 3. The molecule has 2 heterocycles. The molecule has 1 aliphatic rings. The topological polar surface area (TPSA) is 61.5 Å². The monoisotopic (exact) mass is 430 g/mol. The fourth-order valence-corrected chi connectivity index (χ4v) is 3.56. The quantitative estimate of drug-likeness (QED) is 0.647. The van der Waals surface area contributed by atoms with Crippen molar-refractivity contribution in [1.29, 1.82) is 0 Å².